The first-order chi connectivity index (χ1) is 13.6. The number of aromatic hydroxyl groups is 1. The highest BCUT2D eigenvalue weighted by atomic mass is 19.2. The number of phenolic OH excluding ortho intramolecular Hbond substituents is 1. The molecule has 2 aliphatic rings. The number of phenols is 1. The SMILES string of the molecule is C/C=C/CCC1CCC(=CC2CCC(Cc3ccc(O)c(F)c3F)CC2)CC1. The van der Waals surface area contributed by atoms with Gasteiger partial charge in [-0.05, 0) is 107 Å². The summed E-state index contributed by atoms with van der Waals surface area (Å²) in [5.74, 6) is -0.631. The maximum absolute atomic E-state index is 14.0. The van der Waals surface area contributed by atoms with Gasteiger partial charge < -0.3 is 5.11 Å². The largest absolute Gasteiger partial charge is 0.505 e. The normalized spacial score (nSPS) is 26.0. The van der Waals surface area contributed by atoms with Crippen molar-refractivity contribution in [3.63, 3.8) is 0 Å². The fraction of sp³-hybridized carbons (Fsp3) is 0.600. The van der Waals surface area contributed by atoms with Crippen molar-refractivity contribution in [3.05, 3.63) is 53.1 Å². The van der Waals surface area contributed by atoms with Crippen LogP contribution in [0.5, 0.6) is 5.75 Å². The third-order valence-corrected chi connectivity index (χ3v) is 6.74. The van der Waals surface area contributed by atoms with Crippen LogP contribution >= 0.6 is 0 Å². The fourth-order valence-corrected chi connectivity index (χ4v) is 4.94. The summed E-state index contributed by atoms with van der Waals surface area (Å²) in [5, 5.41) is 9.27. The molecule has 3 rings (SSSR count). The van der Waals surface area contributed by atoms with Gasteiger partial charge in [-0.15, -0.1) is 0 Å². The predicted molar refractivity (Wildman–Crippen MR) is 111 cm³/mol. The molecule has 0 spiro atoms. The summed E-state index contributed by atoms with van der Waals surface area (Å²) in [6, 6.07) is 2.79. The monoisotopic (exact) mass is 388 g/mol. The summed E-state index contributed by atoms with van der Waals surface area (Å²) in [6.07, 6.45) is 19.7. The molecular weight excluding hydrogens is 354 g/mol. The number of halogens is 2. The van der Waals surface area contributed by atoms with Gasteiger partial charge in [0.2, 0.25) is 5.82 Å². The Hall–Kier alpha value is -1.64. The average molecular weight is 389 g/mol. The molecule has 154 valence electrons. The molecule has 2 fully saturated rings. The quantitative estimate of drug-likeness (QED) is 0.500. The first-order valence-corrected chi connectivity index (χ1v) is 11.0. The minimum atomic E-state index is -1.11. The van der Waals surface area contributed by atoms with E-state index in [0.29, 0.717) is 23.8 Å². The topological polar surface area (TPSA) is 20.2 Å². The Morgan fingerprint density at radius 3 is 2.36 bits per heavy atom. The zero-order chi connectivity index (χ0) is 19.9. The smallest absolute Gasteiger partial charge is 0.200 e. The second kappa shape index (κ2) is 10.2. The van der Waals surface area contributed by atoms with Crippen molar-refractivity contribution in [2.24, 2.45) is 17.8 Å². The standard InChI is InChI=1S/C25H34F2O/c1-2-3-4-5-18-6-8-19(9-7-18)16-20-10-12-21(13-11-20)17-22-14-15-23(28)25(27)24(22)26/h2-3,14-16,18,20-21,28H,4-13,17H2,1H3/b3-2+,19-16?. The Balaban J connectivity index is 1.43. The summed E-state index contributed by atoms with van der Waals surface area (Å²) < 4.78 is 27.5. The Labute approximate surface area is 168 Å². The van der Waals surface area contributed by atoms with E-state index in [2.05, 4.69) is 25.2 Å². The lowest BCUT2D eigenvalue weighted by atomic mass is 9.76. The molecular formula is C25H34F2O. The number of hydrogen-bond donors (Lipinski definition) is 1. The molecule has 0 unspecified atom stereocenters. The Kier molecular flexibility index (Phi) is 7.70. The van der Waals surface area contributed by atoms with Gasteiger partial charge in [-0.1, -0.05) is 29.9 Å². The van der Waals surface area contributed by atoms with Crippen LogP contribution in [-0.4, -0.2) is 5.11 Å². The number of benzene rings is 1. The van der Waals surface area contributed by atoms with E-state index in [1.807, 2.05) is 0 Å². The zero-order valence-electron chi connectivity index (χ0n) is 17.1. The van der Waals surface area contributed by atoms with Crippen LogP contribution in [0.15, 0.2) is 35.9 Å². The molecule has 0 radical (unpaired) electrons. The number of allylic oxidation sites excluding steroid dienone is 4. The van der Waals surface area contributed by atoms with Gasteiger partial charge >= 0.3 is 0 Å². The first kappa shape index (κ1) is 21.1. The summed E-state index contributed by atoms with van der Waals surface area (Å²) in [5.41, 5.74) is 2.05. The summed E-state index contributed by atoms with van der Waals surface area (Å²) in [7, 11) is 0. The molecule has 1 aromatic carbocycles. The molecule has 0 bridgehead atoms. The third kappa shape index (κ3) is 5.68. The van der Waals surface area contributed by atoms with Crippen LogP contribution in [0.25, 0.3) is 0 Å². The van der Waals surface area contributed by atoms with Crippen LogP contribution < -0.4 is 0 Å². The zero-order valence-corrected chi connectivity index (χ0v) is 17.1. The molecule has 0 amide bonds. The molecule has 0 atom stereocenters. The molecule has 1 aromatic rings. The molecule has 2 aliphatic carbocycles. The Bertz CT molecular complexity index is 689. The van der Waals surface area contributed by atoms with Crippen LogP contribution in [0.1, 0.15) is 76.7 Å². The van der Waals surface area contributed by atoms with Crippen molar-refractivity contribution in [1.82, 2.24) is 0 Å². The van der Waals surface area contributed by atoms with E-state index in [0.717, 1.165) is 31.6 Å². The second-order valence-corrected chi connectivity index (χ2v) is 8.77. The van der Waals surface area contributed by atoms with Crippen molar-refractivity contribution in [2.75, 3.05) is 0 Å². The van der Waals surface area contributed by atoms with E-state index in [1.54, 1.807) is 5.57 Å². The predicted octanol–water partition coefficient (Wildman–Crippen LogP) is 7.49. The van der Waals surface area contributed by atoms with E-state index in [9.17, 15) is 13.9 Å². The van der Waals surface area contributed by atoms with Crippen molar-refractivity contribution in [2.45, 2.75) is 77.6 Å². The van der Waals surface area contributed by atoms with Gasteiger partial charge in [0, 0.05) is 0 Å². The lowest BCUT2D eigenvalue weighted by Gasteiger charge is -2.29. The molecule has 0 saturated heterocycles. The minimum absolute atomic E-state index is 0.397. The van der Waals surface area contributed by atoms with Crippen LogP contribution in [0, 0.1) is 29.4 Å². The maximum Gasteiger partial charge on any atom is 0.200 e. The molecule has 28 heavy (non-hydrogen) atoms. The lowest BCUT2D eigenvalue weighted by Crippen LogP contribution is -2.17. The Morgan fingerprint density at radius 2 is 1.68 bits per heavy atom. The van der Waals surface area contributed by atoms with Gasteiger partial charge in [-0.2, -0.15) is 4.39 Å². The van der Waals surface area contributed by atoms with Crippen molar-refractivity contribution >= 4 is 0 Å². The van der Waals surface area contributed by atoms with Crippen LogP contribution in [0.2, 0.25) is 0 Å². The van der Waals surface area contributed by atoms with E-state index >= 15 is 0 Å². The fourth-order valence-electron chi connectivity index (χ4n) is 4.94. The van der Waals surface area contributed by atoms with Gasteiger partial charge in [0.1, 0.15) is 0 Å². The van der Waals surface area contributed by atoms with Crippen LogP contribution in [0.3, 0.4) is 0 Å². The molecule has 0 aliphatic heterocycles. The summed E-state index contributed by atoms with van der Waals surface area (Å²) >= 11 is 0. The molecule has 1 nitrogen and oxygen atoms in total. The van der Waals surface area contributed by atoms with Gasteiger partial charge in [-0.3, -0.25) is 0 Å². The highest BCUT2D eigenvalue weighted by Crippen LogP contribution is 2.37. The van der Waals surface area contributed by atoms with E-state index in [4.69, 9.17) is 0 Å². The molecule has 3 heteroatoms. The molecule has 1 N–H and O–H groups in total. The van der Waals surface area contributed by atoms with Crippen molar-refractivity contribution in [1.29, 1.82) is 0 Å². The number of hydrogen-bond acceptors (Lipinski definition) is 1. The molecule has 0 heterocycles. The highest BCUT2D eigenvalue weighted by Gasteiger charge is 2.24. The molecule has 0 aromatic heterocycles. The van der Waals surface area contributed by atoms with E-state index in [1.165, 1.54) is 50.7 Å². The number of rotatable bonds is 6. The summed E-state index contributed by atoms with van der Waals surface area (Å²) in [6.45, 7) is 2.09. The van der Waals surface area contributed by atoms with E-state index < -0.39 is 17.4 Å². The minimum Gasteiger partial charge on any atom is -0.505 e. The van der Waals surface area contributed by atoms with Crippen LogP contribution in [-0.2, 0) is 6.42 Å². The highest BCUT2D eigenvalue weighted by molar-refractivity contribution is 5.30. The van der Waals surface area contributed by atoms with E-state index in [-0.39, 0.29) is 0 Å². The first-order valence-electron chi connectivity index (χ1n) is 11.0. The van der Waals surface area contributed by atoms with Crippen molar-refractivity contribution < 1.29 is 13.9 Å². The van der Waals surface area contributed by atoms with Gasteiger partial charge in [0.15, 0.2) is 11.6 Å². The average Bonchev–Trinajstić information content (AvgIpc) is 2.71. The third-order valence-electron chi connectivity index (χ3n) is 6.74. The van der Waals surface area contributed by atoms with Gasteiger partial charge in [0.25, 0.3) is 0 Å². The van der Waals surface area contributed by atoms with Gasteiger partial charge in [0.05, 0.1) is 0 Å². The Morgan fingerprint density at radius 1 is 0.964 bits per heavy atom. The van der Waals surface area contributed by atoms with Crippen molar-refractivity contribution in [3.8, 4) is 5.75 Å². The maximum atomic E-state index is 14.0. The van der Waals surface area contributed by atoms with Crippen LogP contribution in [0.4, 0.5) is 8.78 Å². The van der Waals surface area contributed by atoms with Gasteiger partial charge in [-0.25, -0.2) is 4.39 Å². The molecule has 2 saturated carbocycles. The second-order valence-electron chi connectivity index (χ2n) is 8.77. The lowest BCUT2D eigenvalue weighted by molar-refractivity contribution is 0.302. The summed E-state index contributed by atoms with van der Waals surface area (Å²) in [4.78, 5) is 0.